The maximum Gasteiger partial charge on any atom is 0.252 e. The largest absolute Gasteiger partial charge is 0.300 e. The second kappa shape index (κ2) is 12.7. The fraction of sp³-hybridized carbons (Fsp3) is 0.290. The first-order valence-electron chi connectivity index (χ1n) is 24.4. The van der Waals surface area contributed by atoms with Gasteiger partial charge in [-0.3, -0.25) is 9.13 Å². The molecule has 0 bridgehead atoms. The summed E-state index contributed by atoms with van der Waals surface area (Å²) in [6.07, 6.45) is 4.28. The molecule has 0 fully saturated rings. The van der Waals surface area contributed by atoms with Gasteiger partial charge in [0.2, 0.25) is 0 Å². The standard InChI is InChI=1S/C62H59BN4/c1-57(2)43-32-45-55-53(50(43)59(5,6)61(57,9)10)64-34-66(55)47-30-40(31-48-52(47)63(45)46-33-44-51(54-56(46)67(48)35-65-54)60(7,8)62(11,12)58(44,3)4)49-41(37-24-18-14-19-25-37)28-39(36-22-16-13-17-23-36)29-42(49)38-26-20-15-21-27-38/h13-35H,1-12H3. The van der Waals surface area contributed by atoms with Crippen molar-refractivity contribution in [3.63, 3.8) is 0 Å². The number of hydrogen-bond acceptors (Lipinski definition) is 2. The zero-order chi connectivity index (χ0) is 46.5. The Morgan fingerprint density at radius 3 is 1.19 bits per heavy atom. The Morgan fingerprint density at radius 2 is 0.791 bits per heavy atom. The molecule has 2 aromatic heterocycles. The fourth-order valence-corrected chi connectivity index (χ4v) is 13.8. The molecule has 2 aliphatic carbocycles. The van der Waals surface area contributed by atoms with Gasteiger partial charge in [-0.1, -0.05) is 186 Å². The van der Waals surface area contributed by atoms with E-state index in [1.165, 1.54) is 106 Å². The molecular weight excluding hydrogens is 812 g/mol. The van der Waals surface area contributed by atoms with E-state index < -0.39 is 0 Å². The molecule has 0 saturated carbocycles. The molecule has 330 valence electrons. The van der Waals surface area contributed by atoms with Crippen LogP contribution in [-0.2, 0) is 21.7 Å². The van der Waals surface area contributed by atoms with Crippen LogP contribution in [0.2, 0.25) is 0 Å². The van der Waals surface area contributed by atoms with Crippen LogP contribution in [0.3, 0.4) is 0 Å². The lowest BCUT2D eigenvalue weighted by atomic mass is 9.33. The van der Waals surface area contributed by atoms with Crippen LogP contribution < -0.4 is 16.4 Å². The van der Waals surface area contributed by atoms with Gasteiger partial charge in [0.05, 0.1) is 22.1 Å². The highest BCUT2D eigenvalue weighted by Crippen LogP contribution is 2.64. The van der Waals surface area contributed by atoms with E-state index in [2.05, 4.69) is 232 Å². The summed E-state index contributed by atoms with van der Waals surface area (Å²) in [5.74, 6) is 0. The molecule has 0 spiro atoms. The first kappa shape index (κ1) is 40.8. The Labute approximate surface area is 396 Å². The molecule has 13 rings (SSSR count). The fourth-order valence-electron chi connectivity index (χ4n) is 13.8. The van der Waals surface area contributed by atoms with Crippen LogP contribution in [0.1, 0.15) is 105 Å². The summed E-state index contributed by atoms with van der Waals surface area (Å²) in [7, 11) is 0. The summed E-state index contributed by atoms with van der Waals surface area (Å²) in [6.45, 7) is 29.6. The van der Waals surface area contributed by atoms with Gasteiger partial charge in [-0.15, -0.1) is 0 Å². The van der Waals surface area contributed by atoms with Crippen molar-refractivity contribution in [1.29, 1.82) is 0 Å². The minimum absolute atomic E-state index is 0.0130. The average Bonchev–Trinajstić information content (AvgIpc) is 4.01. The summed E-state index contributed by atoms with van der Waals surface area (Å²) >= 11 is 0. The summed E-state index contributed by atoms with van der Waals surface area (Å²) in [5.41, 5.74) is 26.1. The second-order valence-electron chi connectivity index (χ2n) is 23.6. The molecule has 67 heavy (non-hydrogen) atoms. The molecule has 0 N–H and O–H groups in total. The number of benzene rings is 7. The first-order valence-corrected chi connectivity index (χ1v) is 24.4. The van der Waals surface area contributed by atoms with Gasteiger partial charge in [-0.2, -0.15) is 0 Å². The van der Waals surface area contributed by atoms with Crippen LogP contribution >= 0.6 is 0 Å². The maximum absolute atomic E-state index is 5.53. The number of hydrogen-bond donors (Lipinski definition) is 0. The SMILES string of the molecule is CC1(C)c2cc3c4c(ncn4-c4cc(-c5c(-c6ccccc6)cc(-c6ccccc6)cc5-c5ccccc5)cc5c4B3c3cc4c(c6ncn-5c36)C(C)(C)C(C)(C)C4(C)C)c2C(C)(C)C1(C)C. The van der Waals surface area contributed by atoms with Gasteiger partial charge >= 0.3 is 0 Å². The molecule has 4 heterocycles. The molecule has 4 aliphatic rings. The third-order valence-corrected chi connectivity index (χ3v) is 19.8. The maximum atomic E-state index is 5.53. The highest BCUT2D eigenvalue weighted by molar-refractivity contribution is 7.00. The van der Waals surface area contributed by atoms with Crippen molar-refractivity contribution in [2.24, 2.45) is 10.8 Å². The minimum atomic E-state index is -0.111. The van der Waals surface area contributed by atoms with Crippen LogP contribution in [0.5, 0.6) is 0 Å². The van der Waals surface area contributed by atoms with E-state index in [1.54, 1.807) is 0 Å². The monoisotopic (exact) mass is 870 g/mol. The van der Waals surface area contributed by atoms with Gasteiger partial charge in [0.15, 0.2) is 0 Å². The lowest BCUT2D eigenvalue weighted by molar-refractivity contribution is 0.125. The zero-order valence-corrected chi connectivity index (χ0v) is 41.1. The van der Waals surface area contributed by atoms with E-state index in [-0.39, 0.29) is 39.2 Å². The van der Waals surface area contributed by atoms with Crippen LogP contribution in [0.4, 0.5) is 0 Å². The molecule has 9 aromatic rings. The number of fused-ring (bicyclic) bond motifs is 8. The second-order valence-corrected chi connectivity index (χ2v) is 23.6. The van der Waals surface area contributed by atoms with Gasteiger partial charge in [0.25, 0.3) is 6.71 Å². The number of aromatic nitrogens is 4. The van der Waals surface area contributed by atoms with Crippen LogP contribution in [0.25, 0.3) is 77.9 Å². The predicted molar refractivity (Wildman–Crippen MR) is 282 cm³/mol. The highest BCUT2D eigenvalue weighted by Gasteiger charge is 2.61. The quantitative estimate of drug-likeness (QED) is 0.165. The van der Waals surface area contributed by atoms with Gasteiger partial charge in [0, 0.05) is 11.4 Å². The van der Waals surface area contributed by atoms with E-state index in [1.807, 2.05) is 0 Å². The van der Waals surface area contributed by atoms with Crippen LogP contribution in [0.15, 0.2) is 140 Å². The van der Waals surface area contributed by atoms with Crippen molar-refractivity contribution >= 4 is 45.2 Å². The van der Waals surface area contributed by atoms with Crippen LogP contribution in [-0.4, -0.2) is 25.8 Å². The Morgan fingerprint density at radius 1 is 0.403 bits per heavy atom. The van der Waals surface area contributed by atoms with Gasteiger partial charge in [-0.25, -0.2) is 9.97 Å². The minimum Gasteiger partial charge on any atom is -0.300 e. The molecule has 0 unspecified atom stereocenters. The van der Waals surface area contributed by atoms with Crippen molar-refractivity contribution in [1.82, 2.24) is 19.1 Å². The molecule has 2 aliphatic heterocycles. The van der Waals surface area contributed by atoms with Gasteiger partial charge in [-0.05, 0) is 140 Å². The highest BCUT2D eigenvalue weighted by atomic mass is 15.1. The molecule has 5 heteroatoms. The van der Waals surface area contributed by atoms with Crippen LogP contribution in [0, 0.1) is 10.8 Å². The number of rotatable bonds is 4. The van der Waals surface area contributed by atoms with E-state index in [4.69, 9.17) is 9.97 Å². The summed E-state index contributed by atoms with van der Waals surface area (Å²) < 4.78 is 4.92. The molecule has 0 atom stereocenters. The first-order chi connectivity index (χ1) is 31.8. The lowest BCUT2D eigenvalue weighted by Gasteiger charge is -2.44. The number of nitrogens with zero attached hydrogens (tertiary/aromatic N) is 4. The molecule has 7 aromatic carbocycles. The lowest BCUT2D eigenvalue weighted by Crippen LogP contribution is -2.60. The molecule has 0 radical (unpaired) electrons. The smallest absolute Gasteiger partial charge is 0.252 e. The number of imidazole rings is 2. The van der Waals surface area contributed by atoms with Crippen molar-refractivity contribution in [3.8, 4) is 55.9 Å². The van der Waals surface area contributed by atoms with Crippen molar-refractivity contribution in [3.05, 3.63) is 162 Å². The average molecular weight is 871 g/mol. The van der Waals surface area contributed by atoms with E-state index in [9.17, 15) is 0 Å². The third kappa shape index (κ3) is 4.76. The Kier molecular flexibility index (Phi) is 7.76. The van der Waals surface area contributed by atoms with Crippen molar-refractivity contribution in [2.75, 3.05) is 0 Å². The van der Waals surface area contributed by atoms with Gasteiger partial charge in [0.1, 0.15) is 12.7 Å². The summed E-state index contributed by atoms with van der Waals surface area (Å²) in [6, 6.07) is 47.9. The molecule has 0 saturated heterocycles. The molecular formula is C62H59BN4. The van der Waals surface area contributed by atoms with Crippen molar-refractivity contribution < 1.29 is 0 Å². The summed E-state index contributed by atoms with van der Waals surface area (Å²) in [4.78, 5) is 11.1. The normalized spacial score (nSPS) is 18.8. The Bertz CT molecular complexity index is 3410. The van der Waals surface area contributed by atoms with Crippen molar-refractivity contribution in [2.45, 2.75) is 105 Å². The topological polar surface area (TPSA) is 35.6 Å². The molecule has 4 nitrogen and oxygen atoms in total. The Balaban J connectivity index is 1.20. The van der Waals surface area contributed by atoms with E-state index in [0.29, 0.717) is 0 Å². The van der Waals surface area contributed by atoms with Gasteiger partial charge < -0.3 is 0 Å². The predicted octanol–water partition coefficient (Wildman–Crippen LogP) is 13.4. The van der Waals surface area contributed by atoms with E-state index in [0.717, 1.165) is 11.0 Å². The van der Waals surface area contributed by atoms with E-state index >= 15 is 0 Å². The zero-order valence-electron chi connectivity index (χ0n) is 41.1. The third-order valence-electron chi connectivity index (χ3n) is 19.8. The Hall–Kier alpha value is -6.46. The molecule has 0 amide bonds. The summed E-state index contributed by atoms with van der Waals surface area (Å²) in [5, 5.41) is 0.